The standard InChI is InChI=1S/C19H18N2O2S/c1-19(23,16-9-11-24-12-16)13-21-17(22)8-7-15-5-2-4-14-6-3-10-20-18(14)15/h2-12,23H,13H2,1H3,(H,21,22). The van der Waals surface area contributed by atoms with Gasteiger partial charge in [-0.15, -0.1) is 0 Å². The minimum atomic E-state index is -1.08. The zero-order valence-corrected chi connectivity index (χ0v) is 14.1. The van der Waals surface area contributed by atoms with Crippen LogP contribution in [0.15, 0.2) is 59.4 Å². The van der Waals surface area contributed by atoms with Crippen molar-refractivity contribution >= 4 is 34.2 Å². The lowest BCUT2D eigenvalue weighted by molar-refractivity contribution is -0.117. The van der Waals surface area contributed by atoms with Crippen LogP contribution in [0.25, 0.3) is 17.0 Å². The maximum atomic E-state index is 12.0. The lowest BCUT2D eigenvalue weighted by Gasteiger charge is -2.22. The molecule has 122 valence electrons. The Kier molecular flexibility index (Phi) is 4.74. The fourth-order valence-electron chi connectivity index (χ4n) is 2.42. The first-order chi connectivity index (χ1) is 11.6. The molecule has 2 N–H and O–H groups in total. The Balaban J connectivity index is 1.67. The molecule has 2 heterocycles. The molecule has 3 rings (SSSR count). The van der Waals surface area contributed by atoms with E-state index in [0.29, 0.717) is 0 Å². The maximum Gasteiger partial charge on any atom is 0.244 e. The minimum absolute atomic E-state index is 0.153. The van der Waals surface area contributed by atoms with E-state index in [1.54, 1.807) is 19.2 Å². The van der Waals surface area contributed by atoms with E-state index in [1.807, 2.05) is 47.2 Å². The number of hydrogen-bond donors (Lipinski definition) is 2. The van der Waals surface area contributed by atoms with E-state index in [9.17, 15) is 9.90 Å². The van der Waals surface area contributed by atoms with E-state index in [-0.39, 0.29) is 12.5 Å². The number of para-hydroxylation sites is 1. The minimum Gasteiger partial charge on any atom is -0.384 e. The molecule has 0 aliphatic carbocycles. The van der Waals surface area contributed by atoms with E-state index in [4.69, 9.17) is 0 Å². The Hall–Kier alpha value is -2.50. The van der Waals surface area contributed by atoms with Gasteiger partial charge in [0.2, 0.25) is 5.91 Å². The van der Waals surface area contributed by atoms with Crippen LogP contribution in [0.2, 0.25) is 0 Å². The number of nitrogens with zero attached hydrogens (tertiary/aromatic N) is 1. The second-order valence-electron chi connectivity index (χ2n) is 5.76. The van der Waals surface area contributed by atoms with Crippen molar-refractivity contribution in [3.63, 3.8) is 0 Å². The molecule has 0 saturated heterocycles. The highest BCUT2D eigenvalue weighted by atomic mass is 32.1. The SMILES string of the molecule is CC(O)(CNC(=O)C=Cc1cccc2cccnc12)c1ccsc1. The summed E-state index contributed by atoms with van der Waals surface area (Å²) in [5.74, 6) is -0.251. The van der Waals surface area contributed by atoms with Crippen LogP contribution in [0.5, 0.6) is 0 Å². The van der Waals surface area contributed by atoms with Crippen molar-refractivity contribution in [3.05, 3.63) is 70.6 Å². The molecule has 0 spiro atoms. The summed E-state index contributed by atoms with van der Waals surface area (Å²) in [6.45, 7) is 1.84. The maximum absolute atomic E-state index is 12.0. The predicted molar refractivity (Wildman–Crippen MR) is 97.7 cm³/mol. The zero-order chi connectivity index (χ0) is 17.0. The third-order valence-electron chi connectivity index (χ3n) is 3.83. The van der Waals surface area contributed by atoms with Crippen molar-refractivity contribution in [1.82, 2.24) is 10.3 Å². The fraction of sp³-hybridized carbons (Fsp3) is 0.158. The Morgan fingerprint density at radius 3 is 2.96 bits per heavy atom. The van der Waals surface area contributed by atoms with Crippen LogP contribution < -0.4 is 5.32 Å². The van der Waals surface area contributed by atoms with Crippen molar-refractivity contribution in [2.75, 3.05) is 6.54 Å². The second kappa shape index (κ2) is 6.95. The van der Waals surface area contributed by atoms with E-state index >= 15 is 0 Å². The van der Waals surface area contributed by atoms with Crippen molar-refractivity contribution in [1.29, 1.82) is 0 Å². The van der Waals surface area contributed by atoms with E-state index in [0.717, 1.165) is 22.0 Å². The van der Waals surface area contributed by atoms with Gasteiger partial charge in [-0.2, -0.15) is 11.3 Å². The van der Waals surface area contributed by atoms with Crippen LogP contribution >= 0.6 is 11.3 Å². The summed E-state index contributed by atoms with van der Waals surface area (Å²) in [6, 6.07) is 11.6. The quantitative estimate of drug-likeness (QED) is 0.702. The van der Waals surface area contributed by atoms with Crippen molar-refractivity contribution in [3.8, 4) is 0 Å². The number of carbonyl (C=O) groups is 1. The number of rotatable bonds is 5. The van der Waals surface area contributed by atoms with Gasteiger partial charge in [0.25, 0.3) is 0 Å². The smallest absolute Gasteiger partial charge is 0.244 e. The average molecular weight is 338 g/mol. The van der Waals surface area contributed by atoms with Gasteiger partial charge in [-0.05, 0) is 41.5 Å². The molecule has 0 saturated carbocycles. The molecular weight excluding hydrogens is 320 g/mol. The van der Waals surface area contributed by atoms with Crippen LogP contribution in [0.3, 0.4) is 0 Å². The highest BCUT2D eigenvalue weighted by Gasteiger charge is 2.23. The highest BCUT2D eigenvalue weighted by molar-refractivity contribution is 7.08. The van der Waals surface area contributed by atoms with Gasteiger partial charge in [0, 0.05) is 23.2 Å². The average Bonchev–Trinajstić information content (AvgIpc) is 3.14. The van der Waals surface area contributed by atoms with Gasteiger partial charge in [0.1, 0.15) is 5.60 Å². The summed E-state index contributed by atoms with van der Waals surface area (Å²) in [7, 11) is 0. The Labute approximate surface area is 144 Å². The number of aliphatic hydroxyl groups is 1. The summed E-state index contributed by atoms with van der Waals surface area (Å²) in [6.07, 6.45) is 4.94. The Morgan fingerprint density at radius 1 is 1.33 bits per heavy atom. The van der Waals surface area contributed by atoms with Crippen molar-refractivity contribution in [2.24, 2.45) is 0 Å². The predicted octanol–water partition coefficient (Wildman–Crippen LogP) is 3.33. The van der Waals surface area contributed by atoms with Gasteiger partial charge in [0.05, 0.1) is 12.1 Å². The van der Waals surface area contributed by atoms with Crippen LogP contribution in [0.4, 0.5) is 0 Å². The molecule has 5 heteroatoms. The molecule has 3 aromatic rings. The number of carbonyl (C=O) groups excluding carboxylic acids is 1. The number of fused-ring (bicyclic) bond motifs is 1. The lowest BCUT2D eigenvalue weighted by Crippen LogP contribution is -2.37. The number of hydrogen-bond acceptors (Lipinski definition) is 4. The van der Waals surface area contributed by atoms with Gasteiger partial charge in [-0.3, -0.25) is 9.78 Å². The molecule has 1 atom stereocenters. The highest BCUT2D eigenvalue weighted by Crippen LogP contribution is 2.22. The van der Waals surface area contributed by atoms with E-state index in [2.05, 4.69) is 10.3 Å². The van der Waals surface area contributed by atoms with Gasteiger partial charge in [0.15, 0.2) is 0 Å². The number of nitrogens with one attached hydrogen (secondary N) is 1. The molecule has 2 aromatic heterocycles. The molecule has 1 unspecified atom stereocenters. The summed E-state index contributed by atoms with van der Waals surface area (Å²) in [4.78, 5) is 16.4. The number of benzene rings is 1. The molecule has 1 amide bonds. The molecule has 0 radical (unpaired) electrons. The molecule has 0 aliphatic heterocycles. The number of pyridine rings is 1. The number of aromatic nitrogens is 1. The lowest BCUT2D eigenvalue weighted by atomic mass is 9.99. The topological polar surface area (TPSA) is 62.2 Å². The van der Waals surface area contributed by atoms with Gasteiger partial charge >= 0.3 is 0 Å². The van der Waals surface area contributed by atoms with Gasteiger partial charge in [-0.25, -0.2) is 0 Å². The van der Waals surface area contributed by atoms with Crippen molar-refractivity contribution in [2.45, 2.75) is 12.5 Å². The molecular formula is C19H18N2O2S. The van der Waals surface area contributed by atoms with Crippen LogP contribution in [-0.4, -0.2) is 22.5 Å². The van der Waals surface area contributed by atoms with Crippen LogP contribution in [0.1, 0.15) is 18.1 Å². The Morgan fingerprint density at radius 2 is 2.17 bits per heavy atom. The largest absolute Gasteiger partial charge is 0.384 e. The fourth-order valence-corrected chi connectivity index (χ4v) is 3.20. The summed E-state index contributed by atoms with van der Waals surface area (Å²) in [5, 5.41) is 18.0. The monoisotopic (exact) mass is 338 g/mol. The van der Waals surface area contributed by atoms with E-state index < -0.39 is 5.60 Å². The summed E-state index contributed by atoms with van der Waals surface area (Å²) < 4.78 is 0. The number of amides is 1. The van der Waals surface area contributed by atoms with E-state index in [1.165, 1.54) is 17.4 Å². The first-order valence-electron chi connectivity index (χ1n) is 7.61. The van der Waals surface area contributed by atoms with Crippen LogP contribution in [0, 0.1) is 0 Å². The van der Waals surface area contributed by atoms with Gasteiger partial charge in [-0.1, -0.05) is 24.3 Å². The zero-order valence-electron chi connectivity index (χ0n) is 13.3. The molecule has 0 fully saturated rings. The first kappa shape index (κ1) is 16.4. The number of thiophene rings is 1. The molecule has 0 bridgehead atoms. The third kappa shape index (κ3) is 3.69. The third-order valence-corrected chi connectivity index (χ3v) is 4.51. The molecule has 4 nitrogen and oxygen atoms in total. The normalized spacial score (nSPS) is 13.9. The molecule has 0 aliphatic rings. The van der Waals surface area contributed by atoms with Crippen LogP contribution in [-0.2, 0) is 10.4 Å². The molecule has 1 aromatic carbocycles. The van der Waals surface area contributed by atoms with Gasteiger partial charge < -0.3 is 10.4 Å². The summed E-state index contributed by atoms with van der Waals surface area (Å²) in [5.41, 5.74) is 1.46. The Bertz CT molecular complexity index is 865. The van der Waals surface area contributed by atoms with Crippen molar-refractivity contribution < 1.29 is 9.90 Å². The first-order valence-corrected chi connectivity index (χ1v) is 8.55. The second-order valence-corrected chi connectivity index (χ2v) is 6.54. The summed E-state index contributed by atoms with van der Waals surface area (Å²) >= 11 is 1.52. The molecule has 24 heavy (non-hydrogen) atoms.